The number of nitrogens with one attached hydrogen (secondary N) is 1. The van der Waals surface area contributed by atoms with Crippen LogP contribution in [0, 0.1) is 12.0 Å². The van der Waals surface area contributed by atoms with Crippen molar-refractivity contribution < 1.29 is 0 Å². The molecule has 1 nitrogen and oxygen atoms in total. The van der Waals surface area contributed by atoms with Gasteiger partial charge in [-0.05, 0) is 37.3 Å². The van der Waals surface area contributed by atoms with Crippen LogP contribution in [0.15, 0.2) is 24.3 Å². The van der Waals surface area contributed by atoms with E-state index in [1.54, 1.807) is 0 Å². The molecular formula is C13H16ClN. The van der Waals surface area contributed by atoms with Crippen LogP contribution in [-0.2, 0) is 12.8 Å². The van der Waals surface area contributed by atoms with Crippen molar-refractivity contribution in [2.75, 3.05) is 0 Å². The van der Waals surface area contributed by atoms with E-state index >= 15 is 0 Å². The summed E-state index contributed by atoms with van der Waals surface area (Å²) in [5, 5.41) is 3.25. The molecule has 1 N–H and O–H groups in total. The van der Waals surface area contributed by atoms with Crippen LogP contribution < -0.4 is 5.32 Å². The number of hydrogen-bond donors (Lipinski definition) is 1. The van der Waals surface area contributed by atoms with E-state index in [0.29, 0.717) is 6.04 Å². The van der Waals surface area contributed by atoms with Crippen LogP contribution in [0.4, 0.5) is 0 Å². The molecule has 0 saturated carbocycles. The summed E-state index contributed by atoms with van der Waals surface area (Å²) < 4.78 is 0. The van der Waals surface area contributed by atoms with Gasteiger partial charge in [0.25, 0.3) is 0 Å². The average molecular weight is 222 g/mol. The van der Waals surface area contributed by atoms with Gasteiger partial charge in [-0.1, -0.05) is 30.2 Å². The Bertz CT molecular complexity index is 376. The van der Waals surface area contributed by atoms with Gasteiger partial charge in [0.05, 0.1) is 0 Å². The van der Waals surface area contributed by atoms with E-state index in [2.05, 4.69) is 41.5 Å². The van der Waals surface area contributed by atoms with Gasteiger partial charge in [-0.15, -0.1) is 12.4 Å². The maximum absolute atomic E-state index is 3.25. The van der Waals surface area contributed by atoms with E-state index in [1.165, 1.54) is 24.0 Å². The lowest BCUT2D eigenvalue weighted by atomic mass is 9.88. The second kappa shape index (κ2) is 5.68. The molecule has 0 bridgehead atoms. The third-order valence-corrected chi connectivity index (χ3v) is 2.75. The highest BCUT2D eigenvalue weighted by atomic mass is 35.5. The summed E-state index contributed by atoms with van der Waals surface area (Å²) >= 11 is 0. The summed E-state index contributed by atoms with van der Waals surface area (Å²) in [7, 11) is 0. The van der Waals surface area contributed by atoms with Crippen molar-refractivity contribution in [2.45, 2.75) is 32.2 Å². The normalized spacial score (nSPS) is 17.8. The van der Waals surface area contributed by atoms with Crippen molar-refractivity contribution in [3.05, 3.63) is 35.4 Å². The van der Waals surface area contributed by atoms with Crippen LogP contribution in [0.5, 0.6) is 0 Å². The molecule has 0 aliphatic heterocycles. The Morgan fingerprint density at radius 3 is 2.73 bits per heavy atom. The quantitative estimate of drug-likeness (QED) is 0.568. The SMILES string of the molecule is CC#CNC1CCc2ccccc2C1.Cl. The highest BCUT2D eigenvalue weighted by molar-refractivity contribution is 5.85. The first kappa shape index (κ1) is 11.9. The number of benzene rings is 1. The van der Waals surface area contributed by atoms with E-state index in [1.807, 2.05) is 6.92 Å². The molecule has 2 rings (SSSR count). The van der Waals surface area contributed by atoms with Gasteiger partial charge in [-0.3, -0.25) is 0 Å². The van der Waals surface area contributed by atoms with Crippen LogP contribution in [0.1, 0.15) is 24.5 Å². The van der Waals surface area contributed by atoms with Gasteiger partial charge in [0.1, 0.15) is 0 Å². The number of hydrogen-bond acceptors (Lipinski definition) is 1. The Hall–Kier alpha value is -1.13. The Kier molecular flexibility index (Phi) is 4.52. The van der Waals surface area contributed by atoms with Crippen LogP contribution in [0.3, 0.4) is 0 Å². The average Bonchev–Trinajstić information content (AvgIpc) is 2.26. The highest BCUT2D eigenvalue weighted by Crippen LogP contribution is 2.20. The van der Waals surface area contributed by atoms with Crippen molar-refractivity contribution in [1.82, 2.24) is 5.32 Å². The zero-order valence-corrected chi connectivity index (χ0v) is 9.73. The second-order valence-corrected chi connectivity index (χ2v) is 3.73. The number of halogens is 1. The van der Waals surface area contributed by atoms with Gasteiger partial charge < -0.3 is 5.32 Å². The van der Waals surface area contributed by atoms with E-state index in [-0.39, 0.29) is 12.4 Å². The van der Waals surface area contributed by atoms with Gasteiger partial charge in [-0.25, -0.2) is 0 Å². The molecule has 1 aliphatic carbocycles. The lowest BCUT2D eigenvalue weighted by Gasteiger charge is -2.23. The lowest BCUT2D eigenvalue weighted by Crippen LogP contribution is -2.31. The van der Waals surface area contributed by atoms with Gasteiger partial charge in [0.15, 0.2) is 0 Å². The standard InChI is InChI=1S/C13H15N.ClH/c1-2-9-14-13-8-7-11-5-3-4-6-12(11)10-13;/h3-6,13-14H,7-8,10H2,1H3;1H. The highest BCUT2D eigenvalue weighted by Gasteiger charge is 2.16. The predicted molar refractivity (Wildman–Crippen MR) is 66.1 cm³/mol. The van der Waals surface area contributed by atoms with Gasteiger partial charge >= 0.3 is 0 Å². The molecule has 1 aliphatic rings. The summed E-state index contributed by atoms with van der Waals surface area (Å²) in [6.45, 7) is 1.86. The molecule has 2 heteroatoms. The van der Waals surface area contributed by atoms with Crippen LogP contribution in [0.2, 0.25) is 0 Å². The molecule has 15 heavy (non-hydrogen) atoms. The zero-order valence-electron chi connectivity index (χ0n) is 8.92. The molecule has 0 radical (unpaired) electrons. The fourth-order valence-electron chi connectivity index (χ4n) is 2.00. The van der Waals surface area contributed by atoms with Gasteiger partial charge in [0.2, 0.25) is 0 Å². The lowest BCUT2D eigenvalue weighted by molar-refractivity contribution is 0.522. The first-order valence-electron chi connectivity index (χ1n) is 5.14. The number of rotatable bonds is 1. The largest absolute Gasteiger partial charge is 0.343 e. The summed E-state index contributed by atoms with van der Waals surface area (Å²) in [5.41, 5.74) is 2.99. The monoisotopic (exact) mass is 221 g/mol. The van der Waals surface area contributed by atoms with Crippen molar-refractivity contribution in [3.63, 3.8) is 0 Å². The minimum absolute atomic E-state index is 0. The van der Waals surface area contributed by atoms with Crippen LogP contribution in [0.25, 0.3) is 0 Å². The molecule has 0 fully saturated rings. The fraction of sp³-hybridized carbons (Fsp3) is 0.385. The molecule has 0 spiro atoms. The zero-order chi connectivity index (χ0) is 9.80. The number of fused-ring (bicyclic) bond motifs is 1. The first-order valence-corrected chi connectivity index (χ1v) is 5.14. The number of aryl methyl sites for hydroxylation is 1. The minimum Gasteiger partial charge on any atom is -0.343 e. The molecule has 1 aromatic carbocycles. The van der Waals surface area contributed by atoms with Crippen molar-refractivity contribution in [3.8, 4) is 12.0 Å². The molecule has 1 atom stereocenters. The Morgan fingerprint density at radius 2 is 2.00 bits per heavy atom. The van der Waals surface area contributed by atoms with Crippen molar-refractivity contribution in [2.24, 2.45) is 0 Å². The summed E-state index contributed by atoms with van der Waals surface area (Å²) in [6, 6.07) is 12.2. The van der Waals surface area contributed by atoms with Gasteiger partial charge in [0, 0.05) is 12.1 Å². The first-order chi connectivity index (χ1) is 6.90. The molecule has 0 amide bonds. The Morgan fingerprint density at radius 1 is 1.27 bits per heavy atom. The molecule has 80 valence electrons. The van der Waals surface area contributed by atoms with Crippen molar-refractivity contribution >= 4 is 12.4 Å². The van der Waals surface area contributed by atoms with Gasteiger partial charge in [-0.2, -0.15) is 0 Å². The summed E-state index contributed by atoms with van der Waals surface area (Å²) in [5.74, 6) is 2.88. The maximum Gasteiger partial charge on any atom is 0.0384 e. The van der Waals surface area contributed by atoms with Crippen LogP contribution >= 0.6 is 12.4 Å². The molecule has 1 unspecified atom stereocenters. The molecule has 0 aromatic heterocycles. The third-order valence-electron chi connectivity index (χ3n) is 2.75. The Balaban J connectivity index is 0.00000112. The van der Waals surface area contributed by atoms with E-state index in [0.717, 1.165) is 6.42 Å². The van der Waals surface area contributed by atoms with Crippen molar-refractivity contribution in [1.29, 1.82) is 0 Å². The predicted octanol–water partition coefficient (Wildman–Crippen LogP) is 2.54. The minimum atomic E-state index is 0. The van der Waals surface area contributed by atoms with E-state index in [9.17, 15) is 0 Å². The third kappa shape index (κ3) is 2.91. The topological polar surface area (TPSA) is 12.0 Å². The summed E-state index contributed by atoms with van der Waals surface area (Å²) in [4.78, 5) is 0. The van der Waals surface area contributed by atoms with E-state index < -0.39 is 0 Å². The Labute approximate surface area is 97.7 Å². The molecule has 1 aromatic rings. The molecule has 0 saturated heterocycles. The smallest absolute Gasteiger partial charge is 0.0384 e. The van der Waals surface area contributed by atoms with Crippen LogP contribution in [-0.4, -0.2) is 6.04 Å². The second-order valence-electron chi connectivity index (χ2n) is 3.73. The molecule has 0 heterocycles. The van der Waals surface area contributed by atoms with E-state index in [4.69, 9.17) is 0 Å². The molecular weight excluding hydrogens is 206 g/mol. The fourth-order valence-corrected chi connectivity index (χ4v) is 2.00. The maximum atomic E-state index is 3.25. The summed E-state index contributed by atoms with van der Waals surface area (Å²) in [6.07, 6.45) is 3.50.